The van der Waals surface area contributed by atoms with Crippen molar-refractivity contribution in [3.63, 3.8) is 0 Å². The van der Waals surface area contributed by atoms with Gasteiger partial charge in [0.2, 0.25) is 5.91 Å². The lowest BCUT2D eigenvalue weighted by molar-refractivity contribution is -0.870. The highest BCUT2D eigenvalue weighted by molar-refractivity contribution is 7.47. The highest BCUT2D eigenvalue weighted by Crippen LogP contribution is 2.43. The van der Waals surface area contributed by atoms with Crippen LogP contribution in [0.4, 0.5) is 0 Å². The zero-order valence-electron chi connectivity index (χ0n) is 40.8. The number of rotatable bonds is 45. The number of likely N-dealkylation sites (N-methyl/N-ethyl adjacent to an activating group) is 1. The Balaban J connectivity index is 4.14. The van der Waals surface area contributed by atoms with Gasteiger partial charge in [-0.1, -0.05) is 209 Å². The van der Waals surface area contributed by atoms with E-state index in [1.807, 2.05) is 27.2 Å². The minimum absolute atomic E-state index is 0.0589. The Kier molecular flexibility index (Phi) is 42.7. The van der Waals surface area contributed by atoms with Crippen LogP contribution in [0, 0.1) is 0 Å². The second-order valence-corrected chi connectivity index (χ2v) is 19.6. The van der Waals surface area contributed by atoms with E-state index in [1.54, 1.807) is 6.08 Å². The van der Waals surface area contributed by atoms with Crippen molar-refractivity contribution in [2.45, 2.75) is 219 Å². The van der Waals surface area contributed by atoms with E-state index in [2.05, 4.69) is 79.9 Å². The lowest BCUT2D eigenvalue weighted by Crippen LogP contribution is -2.45. The maximum absolute atomic E-state index is 12.9. The second kappa shape index (κ2) is 44.2. The zero-order chi connectivity index (χ0) is 45.7. The molecule has 0 spiro atoms. The molecule has 0 saturated heterocycles. The summed E-state index contributed by atoms with van der Waals surface area (Å²) in [6.07, 6.45) is 59.9. The van der Waals surface area contributed by atoms with Crippen molar-refractivity contribution in [1.29, 1.82) is 0 Å². The molecule has 360 valence electrons. The van der Waals surface area contributed by atoms with Gasteiger partial charge in [0.05, 0.1) is 39.9 Å². The largest absolute Gasteiger partial charge is 0.472 e. The molecule has 0 rings (SSSR count). The maximum atomic E-state index is 12.9. The number of hydrogen-bond donors (Lipinski definition) is 3. The summed E-state index contributed by atoms with van der Waals surface area (Å²) >= 11 is 0. The molecule has 3 unspecified atom stereocenters. The Bertz CT molecular complexity index is 1240. The molecule has 62 heavy (non-hydrogen) atoms. The molecule has 9 heteroatoms. The Morgan fingerprint density at radius 3 is 1.42 bits per heavy atom. The Labute approximate surface area is 383 Å². The van der Waals surface area contributed by atoms with Gasteiger partial charge in [-0.25, -0.2) is 4.57 Å². The van der Waals surface area contributed by atoms with Crippen LogP contribution in [0.15, 0.2) is 72.9 Å². The lowest BCUT2D eigenvalue weighted by atomic mass is 10.0. The molecule has 0 aliphatic carbocycles. The van der Waals surface area contributed by atoms with E-state index in [0.29, 0.717) is 17.4 Å². The summed E-state index contributed by atoms with van der Waals surface area (Å²) in [7, 11) is 1.56. The molecule has 0 aliphatic rings. The summed E-state index contributed by atoms with van der Waals surface area (Å²) in [6.45, 7) is 4.68. The van der Waals surface area contributed by atoms with Gasteiger partial charge in [0.15, 0.2) is 0 Å². The average molecular weight is 890 g/mol. The molecule has 0 aliphatic heterocycles. The first-order chi connectivity index (χ1) is 30.0. The minimum atomic E-state index is -4.34. The van der Waals surface area contributed by atoms with Crippen LogP contribution < -0.4 is 5.32 Å². The van der Waals surface area contributed by atoms with Gasteiger partial charge in [-0.05, 0) is 64.2 Å². The molecule has 8 nitrogen and oxygen atoms in total. The first-order valence-corrected chi connectivity index (χ1v) is 26.8. The minimum Gasteiger partial charge on any atom is -0.387 e. The first kappa shape index (κ1) is 59.9. The molecule has 0 heterocycles. The average Bonchev–Trinajstić information content (AvgIpc) is 3.23. The van der Waals surface area contributed by atoms with Crippen LogP contribution >= 0.6 is 7.82 Å². The normalized spacial score (nSPS) is 14.8. The van der Waals surface area contributed by atoms with Crippen LogP contribution in [0.3, 0.4) is 0 Å². The third-order valence-corrected chi connectivity index (χ3v) is 11.9. The standard InChI is InChI=1S/C53H97N2O6P/c1-6-8-10-12-14-16-18-19-20-21-22-23-24-25-26-27-28-29-30-31-32-33-34-35-37-39-41-43-45-47-53(57)54-51(50-61-62(58,59)60-49-48-55(3,4)5)52(56)46-44-42-40-38-36-17-15-13-11-9-7-2/h8,10,14,16,19-20,22-23,25-26,44,46,51-52,56H,6-7,9,11-13,15,17-18,21,24,27-43,45,47-50H2,1-5H3,(H-,54,57,58,59)/p+1/b10-8-,16-14-,20-19-,23-22-,26-25-,46-44+. The Morgan fingerprint density at radius 2 is 0.968 bits per heavy atom. The molecule has 3 atom stereocenters. The summed E-state index contributed by atoms with van der Waals surface area (Å²) in [4.78, 5) is 23.2. The third-order valence-electron chi connectivity index (χ3n) is 10.9. The SMILES string of the molecule is CC/C=C\C/C=C\C/C=C\C/C=C\C/C=C\CCCCCCCCCCCCCCCC(=O)NC(COP(=O)(O)OCC[N+](C)(C)C)C(O)/C=C/CCCCCCCCCCC. The van der Waals surface area contributed by atoms with Crippen LogP contribution in [0.1, 0.15) is 206 Å². The van der Waals surface area contributed by atoms with Gasteiger partial charge >= 0.3 is 7.82 Å². The number of carbonyl (C=O) groups is 1. The van der Waals surface area contributed by atoms with E-state index in [0.717, 1.165) is 70.6 Å². The molecular weight excluding hydrogens is 792 g/mol. The predicted octanol–water partition coefficient (Wildman–Crippen LogP) is 14.8. The fourth-order valence-corrected chi connectivity index (χ4v) is 7.69. The van der Waals surface area contributed by atoms with Crippen LogP contribution in [0.25, 0.3) is 0 Å². The van der Waals surface area contributed by atoms with Crippen molar-refractivity contribution in [1.82, 2.24) is 5.32 Å². The smallest absolute Gasteiger partial charge is 0.387 e. The van der Waals surface area contributed by atoms with Crippen LogP contribution in [0.2, 0.25) is 0 Å². The van der Waals surface area contributed by atoms with Crippen molar-refractivity contribution in [2.24, 2.45) is 0 Å². The molecule has 0 aromatic heterocycles. The van der Waals surface area contributed by atoms with Gasteiger partial charge in [0.25, 0.3) is 0 Å². The van der Waals surface area contributed by atoms with E-state index >= 15 is 0 Å². The van der Waals surface area contributed by atoms with Crippen molar-refractivity contribution >= 4 is 13.7 Å². The van der Waals surface area contributed by atoms with Crippen LogP contribution in [-0.4, -0.2) is 73.4 Å². The van der Waals surface area contributed by atoms with Gasteiger partial charge in [0, 0.05) is 6.42 Å². The number of nitrogens with zero attached hydrogens (tertiary/aromatic N) is 1. The molecule has 0 radical (unpaired) electrons. The summed E-state index contributed by atoms with van der Waals surface area (Å²) in [5.41, 5.74) is 0. The molecule has 0 aromatic rings. The van der Waals surface area contributed by atoms with Crippen molar-refractivity contribution < 1.29 is 32.9 Å². The maximum Gasteiger partial charge on any atom is 0.472 e. The fraction of sp³-hybridized carbons (Fsp3) is 0.755. The monoisotopic (exact) mass is 890 g/mol. The zero-order valence-corrected chi connectivity index (χ0v) is 41.7. The van der Waals surface area contributed by atoms with Gasteiger partial charge in [-0.2, -0.15) is 0 Å². The quantitative estimate of drug-likeness (QED) is 0.0243. The summed E-state index contributed by atoms with van der Waals surface area (Å²) < 4.78 is 23.6. The number of carbonyl (C=O) groups excluding carboxylic acids is 1. The highest BCUT2D eigenvalue weighted by Gasteiger charge is 2.27. The molecule has 3 N–H and O–H groups in total. The number of phosphoric ester groups is 1. The van der Waals surface area contributed by atoms with Gasteiger partial charge < -0.3 is 19.8 Å². The Morgan fingerprint density at radius 1 is 0.565 bits per heavy atom. The number of amides is 1. The van der Waals surface area contributed by atoms with E-state index in [-0.39, 0.29) is 19.1 Å². The number of nitrogens with one attached hydrogen (secondary N) is 1. The van der Waals surface area contributed by atoms with Gasteiger partial charge in [0.1, 0.15) is 13.2 Å². The van der Waals surface area contributed by atoms with E-state index in [1.165, 1.54) is 116 Å². The van der Waals surface area contributed by atoms with Crippen molar-refractivity contribution in [2.75, 3.05) is 40.9 Å². The number of aliphatic hydroxyl groups is 1. The van der Waals surface area contributed by atoms with Gasteiger partial charge in [-0.15, -0.1) is 0 Å². The number of unbranched alkanes of at least 4 members (excludes halogenated alkanes) is 22. The molecule has 0 fully saturated rings. The topological polar surface area (TPSA) is 105 Å². The second-order valence-electron chi connectivity index (χ2n) is 18.2. The van der Waals surface area contributed by atoms with Crippen LogP contribution in [0.5, 0.6) is 0 Å². The number of phosphoric acid groups is 1. The van der Waals surface area contributed by atoms with E-state index < -0.39 is 20.0 Å². The summed E-state index contributed by atoms with van der Waals surface area (Å²) in [5, 5.41) is 13.8. The van der Waals surface area contributed by atoms with Gasteiger partial charge in [-0.3, -0.25) is 13.8 Å². The number of allylic oxidation sites excluding steroid dienone is 11. The molecular formula is C53H98N2O6P+. The lowest BCUT2D eigenvalue weighted by Gasteiger charge is -2.25. The van der Waals surface area contributed by atoms with Crippen LogP contribution in [-0.2, 0) is 18.4 Å². The fourth-order valence-electron chi connectivity index (χ4n) is 6.95. The van der Waals surface area contributed by atoms with E-state index in [4.69, 9.17) is 9.05 Å². The molecule has 0 aromatic carbocycles. The number of quaternary nitrogens is 1. The first-order valence-electron chi connectivity index (χ1n) is 25.3. The highest BCUT2D eigenvalue weighted by atomic mass is 31.2. The molecule has 0 bridgehead atoms. The summed E-state index contributed by atoms with van der Waals surface area (Å²) in [5.74, 6) is -0.183. The van der Waals surface area contributed by atoms with Crippen molar-refractivity contribution in [3.8, 4) is 0 Å². The number of hydrogen-bond acceptors (Lipinski definition) is 5. The summed E-state index contributed by atoms with van der Waals surface area (Å²) in [6, 6.07) is -0.848. The molecule has 1 amide bonds. The third kappa shape index (κ3) is 45.9. The van der Waals surface area contributed by atoms with E-state index in [9.17, 15) is 19.4 Å². The Hall–Kier alpha value is -2.06. The van der Waals surface area contributed by atoms with Crippen molar-refractivity contribution in [3.05, 3.63) is 72.9 Å². The predicted molar refractivity (Wildman–Crippen MR) is 267 cm³/mol. The number of aliphatic hydroxyl groups excluding tert-OH is 1. The molecule has 0 saturated carbocycles.